The quantitative estimate of drug-likeness (QED) is 0.843. The van der Waals surface area contributed by atoms with Crippen molar-refractivity contribution in [2.75, 3.05) is 0 Å². The third-order valence-electron chi connectivity index (χ3n) is 3.26. The van der Waals surface area contributed by atoms with E-state index in [1.807, 2.05) is 44.3 Å². The molecule has 0 aliphatic carbocycles. The summed E-state index contributed by atoms with van der Waals surface area (Å²) < 4.78 is 7.59. The van der Waals surface area contributed by atoms with Gasteiger partial charge >= 0.3 is 0 Å². The molecule has 1 aromatic heterocycles. The highest BCUT2D eigenvalue weighted by Crippen LogP contribution is 2.26. The minimum absolute atomic E-state index is 0.387. The summed E-state index contributed by atoms with van der Waals surface area (Å²) in [7, 11) is 1.83. The number of nitrogens with zero attached hydrogens (tertiary/aromatic N) is 2. The summed E-state index contributed by atoms with van der Waals surface area (Å²) in [6.45, 7) is 4.10. The van der Waals surface area contributed by atoms with Crippen LogP contribution in [0.1, 0.15) is 18.2 Å². The lowest BCUT2D eigenvalue weighted by Gasteiger charge is -2.12. The van der Waals surface area contributed by atoms with Gasteiger partial charge in [0.25, 0.3) is 0 Å². The first-order valence-corrected chi connectivity index (χ1v) is 6.77. The zero-order valence-electron chi connectivity index (χ0n) is 12.5. The zero-order valence-corrected chi connectivity index (χ0v) is 12.5. The maximum atomic E-state index is 11.1. The van der Waals surface area contributed by atoms with Crippen LogP contribution >= 0.6 is 0 Å². The van der Waals surface area contributed by atoms with E-state index in [1.54, 1.807) is 11.6 Å². The lowest BCUT2D eigenvalue weighted by molar-refractivity contribution is -0.119. The second-order valence-electron chi connectivity index (χ2n) is 4.91. The van der Waals surface area contributed by atoms with E-state index in [1.165, 1.54) is 0 Å². The van der Waals surface area contributed by atoms with Gasteiger partial charge in [0, 0.05) is 13.6 Å². The van der Waals surface area contributed by atoms with Gasteiger partial charge in [-0.05, 0) is 26.0 Å². The molecule has 2 aromatic rings. The Hall–Kier alpha value is -2.34. The molecule has 0 radical (unpaired) electrons. The number of para-hydroxylation sites is 1. The number of primary amides is 1. The van der Waals surface area contributed by atoms with Crippen LogP contribution in [0.4, 0.5) is 0 Å². The molecule has 1 atom stereocenters. The van der Waals surface area contributed by atoms with Gasteiger partial charge in [0.15, 0.2) is 0 Å². The van der Waals surface area contributed by atoms with Gasteiger partial charge in [0.1, 0.15) is 5.75 Å². The predicted octanol–water partition coefficient (Wildman–Crippen LogP) is 1.48. The Bertz CT molecular complexity index is 622. The van der Waals surface area contributed by atoms with Crippen LogP contribution in [0, 0.1) is 6.92 Å². The summed E-state index contributed by atoms with van der Waals surface area (Å²) in [6, 6.07) is 9.10. The molecule has 21 heavy (non-hydrogen) atoms. The first kappa shape index (κ1) is 15.1. The van der Waals surface area contributed by atoms with Gasteiger partial charge in [-0.2, -0.15) is 5.10 Å². The maximum absolute atomic E-state index is 11.1. The predicted molar refractivity (Wildman–Crippen MR) is 80.0 cm³/mol. The number of aryl methyl sites for hydroxylation is 2. The summed E-state index contributed by atoms with van der Waals surface area (Å²) in [5, 5.41) is 7.44. The van der Waals surface area contributed by atoms with Crippen molar-refractivity contribution >= 4 is 5.91 Å². The van der Waals surface area contributed by atoms with Crippen LogP contribution in [0.2, 0.25) is 0 Å². The average molecular weight is 288 g/mol. The summed E-state index contributed by atoms with van der Waals surface area (Å²) in [4.78, 5) is 11.1. The molecule has 0 aliphatic rings. The second-order valence-corrected chi connectivity index (χ2v) is 4.91. The number of nitrogens with one attached hydrogen (secondary N) is 1. The number of carbonyl (C=O) groups is 1. The molecule has 6 heteroatoms. The van der Waals surface area contributed by atoms with E-state index < -0.39 is 6.04 Å². The third-order valence-corrected chi connectivity index (χ3v) is 3.26. The fourth-order valence-corrected chi connectivity index (χ4v) is 1.97. The van der Waals surface area contributed by atoms with Crippen molar-refractivity contribution in [1.29, 1.82) is 0 Å². The van der Waals surface area contributed by atoms with Gasteiger partial charge in [-0.15, -0.1) is 0 Å². The number of benzene rings is 1. The molecule has 1 aromatic carbocycles. The van der Waals surface area contributed by atoms with Crippen molar-refractivity contribution in [2.24, 2.45) is 12.8 Å². The van der Waals surface area contributed by atoms with E-state index in [2.05, 4.69) is 10.4 Å². The van der Waals surface area contributed by atoms with E-state index in [4.69, 9.17) is 10.5 Å². The van der Waals surface area contributed by atoms with Crippen molar-refractivity contribution in [2.45, 2.75) is 26.4 Å². The molecule has 2 rings (SSSR count). The highest BCUT2D eigenvalue weighted by Gasteiger charge is 2.17. The number of amides is 1. The van der Waals surface area contributed by atoms with Crippen molar-refractivity contribution in [3.63, 3.8) is 0 Å². The fraction of sp³-hybridized carbons (Fsp3) is 0.333. The van der Waals surface area contributed by atoms with Gasteiger partial charge < -0.3 is 15.8 Å². The Kier molecular flexibility index (Phi) is 4.59. The minimum Gasteiger partial charge on any atom is -0.439 e. The molecule has 0 saturated heterocycles. The van der Waals surface area contributed by atoms with Crippen molar-refractivity contribution in [1.82, 2.24) is 15.1 Å². The Morgan fingerprint density at radius 3 is 2.71 bits per heavy atom. The summed E-state index contributed by atoms with van der Waals surface area (Å²) in [6.07, 6.45) is 0. The summed E-state index contributed by atoms with van der Waals surface area (Å²) in [5.41, 5.74) is 7.02. The normalized spacial score (nSPS) is 12.1. The van der Waals surface area contributed by atoms with Crippen LogP contribution < -0.4 is 15.8 Å². The van der Waals surface area contributed by atoms with Crippen LogP contribution in [0.5, 0.6) is 11.6 Å². The maximum Gasteiger partial charge on any atom is 0.234 e. The van der Waals surface area contributed by atoms with E-state index in [9.17, 15) is 4.79 Å². The second kappa shape index (κ2) is 6.41. The third kappa shape index (κ3) is 3.61. The Morgan fingerprint density at radius 2 is 2.10 bits per heavy atom. The summed E-state index contributed by atoms with van der Waals surface area (Å²) >= 11 is 0. The SMILES string of the molecule is Cc1nn(C)c(Oc2ccccc2)c1CN[C@H](C)C(N)=O. The van der Waals surface area contributed by atoms with Crippen molar-refractivity contribution < 1.29 is 9.53 Å². The lowest BCUT2D eigenvalue weighted by Crippen LogP contribution is -2.38. The standard InChI is InChI=1S/C15H20N4O2/c1-10-13(9-17-11(2)14(16)20)15(19(3)18-10)21-12-7-5-4-6-8-12/h4-8,11,17H,9H2,1-3H3,(H2,16,20)/t11-/m1/s1. The number of nitrogens with two attached hydrogens (primary N) is 1. The van der Waals surface area contributed by atoms with E-state index in [-0.39, 0.29) is 5.91 Å². The number of carbonyl (C=O) groups excluding carboxylic acids is 1. The van der Waals surface area contributed by atoms with Crippen LogP contribution in [0.15, 0.2) is 30.3 Å². The molecule has 1 heterocycles. The number of aromatic nitrogens is 2. The van der Waals surface area contributed by atoms with Crippen LogP contribution in [-0.2, 0) is 18.4 Å². The average Bonchev–Trinajstić information content (AvgIpc) is 2.71. The van der Waals surface area contributed by atoms with Gasteiger partial charge in [-0.25, -0.2) is 4.68 Å². The molecule has 0 bridgehead atoms. The largest absolute Gasteiger partial charge is 0.439 e. The van der Waals surface area contributed by atoms with Crippen molar-refractivity contribution in [3.8, 4) is 11.6 Å². The minimum atomic E-state index is -0.408. The smallest absolute Gasteiger partial charge is 0.234 e. The number of hydrogen-bond acceptors (Lipinski definition) is 4. The zero-order chi connectivity index (χ0) is 15.4. The van der Waals surface area contributed by atoms with E-state index in [0.717, 1.165) is 17.0 Å². The molecular formula is C15H20N4O2. The van der Waals surface area contributed by atoms with E-state index >= 15 is 0 Å². The number of rotatable bonds is 6. The van der Waals surface area contributed by atoms with Gasteiger partial charge in [0.05, 0.1) is 17.3 Å². The Balaban J connectivity index is 2.19. The van der Waals surface area contributed by atoms with E-state index in [0.29, 0.717) is 12.4 Å². The number of ether oxygens (including phenoxy) is 1. The molecule has 0 fully saturated rings. The fourth-order valence-electron chi connectivity index (χ4n) is 1.97. The molecule has 0 unspecified atom stereocenters. The summed E-state index contributed by atoms with van der Waals surface area (Å²) in [5.74, 6) is 1.01. The van der Waals surface area contributed by atoms with Gasteiger partial charge in [-0.1, -0.05) is 18.2 Å². The molecule has 6 nitrogen and oxygen atoms in total. The van der Waals surface area contributed by atoms with Crippen molar-refractivity contribution in [3.05, 3.63) is 41.6 Å². The molecular weight excluding hydrogens is 268 g/mol. The monoisotopic (exact) mass is 288 g/mol. The molecule has 112 valence electrons. The Morgan fingerprint density at radius 1 is 1.43 bits per heavy atom. The molecule has 0 saturated carbocycles. The molecule has 0 aliphatic heterocycles. The highest BCUT2D eigenvalue weighted by molar-refractivity contribution is 5.79. The van der Waals surface area contributed by atoms with Crippen LogP contribution in [-0.4, -0.2) is 21.7 Å². The first-order chi connectivity index (χ1) is 9.99. The molecule has 3 N–H and O–H groups in total. The topological polar surface area (TPSA) is 82.2 Å². The lowest BCUT2D eigenvalue weighted by atomic mass is 10.2. The Labute approximate surface area is 123 Å². The first-order valence-electron chi connectivity index (χ1n) is 6.77. The highest BCUT2D eigenvalue weighted by atomic mass is 16.5. The van der Waals surface area contributed by atoms with Crippen LogP contribution in [0.3, 0.4) is 0 Å². The van der Waals surface area contributed by atoms with Gasteiger partial charge in [-0.3, -0.25) is 4.79 Å². The molecule has 1 amide bonds. The van der Waals surface area contributed by atoms with Crippen LogP contribution in [0.25, 0.3) is 0 Å². The number of hydrogen-bond donors (Lipinski definition) is 2. The van der Waals surface area contributed by atoms with Gasteiger partial charge in [0.2, 0.25) is 11.8 Å². The molecule has 0 spiro atoms.